The molecule has 6 heteroatoms. The molecule has 0 saturated heterocycles. The molecule has 1 amide bonds. The van der Waals surface area contributed by atoms with Crippen molar-refractivity contribution in [3.63, 3.8) is 0 Å². The monoisotopic (exact) mass is 288 g/mol. The molecule has 0 spiro atoms. The first kappa shape index (κ1) is 14.8. The molecule has 0 fully saturated rings. The first-order chi connectivity index (χ1) is 9.81. The molecule has 0 saturated carbocycles. The van der Waals surface area contributed by atoms with Gasteiger partial charge in [-0.2, -0.15) is 0 Å². The number of carbonyl (C=O) groups excluding carboxylic acids is 1. The minimum atomic E-state index is -0.675. The number of carbonyl (C=O) groups is 1. The zero-order chi connectivity index (χ0) is 15.6. The van der Waals surface area contributed by atoms with Crippen molar-refractivity contribution in [3.8, 4) is 0 Å². The molecule has 2 aromatic rings. The SMILES string of the molecule is Cc1ccoc1C(=O)NC(C)(C)c1ccc([N+](=O)[O-])cc1. The summed E-state index contributed by atoms with van der Waals surface area (Å²) in [6.07, 6.45) is 1.46. The second kappa shape index (κ2) is 5.40. The highest BCUT2D eigenvalue weighted by molar-refractivity contribution is 5.93. The van der Waals surface area contributed by atoms with Gasteiger partial charge in [-0.25, -0.2) is 0 Å². The summed E-state index contributed by atoms with van der Waals surface area (Å²) in [4.78, 5) is 22.4. The number of hydrogen-bond donors (Lipinski definition) is 1. The number of hydrogen-bond acceptors (Lipinski definition) is 4. The average Bonchev–Trinajstić information content (AvgIpc) is 2.84. The molecule has 2 rings (SSSR count). The lowest BCUT2D eigenvalue weighted by Crippen LogP contribution is -2.41. The van der Waals surface area contributed by atoms with Crippen LogP contribution in [-0.2, 0) is 5.54 Å². The van der Waals surface area contributed by atoms with Crippen LogP contribution in [0.4, 0.5) is 5.69 Å². The molecule has 0 bridgehead atoms. The number of rotatable bonds is 4. The number of nitrogens with zero attached hydrogens (tertiary/aromatic N) is 1. The molecule has 6 nitrogen and oxygen atoms in total. The second-order valence-electron chi connectivity index (χ2n) is 5.32. The van der Waals surface area contributed by atoms with E-state index in [0.717, 1.165) is 11.1 Å². The van der Waals surface area contributed by atoms with Gasteiger partial charge in [0.1, 0.15) is 0 Å². The van der Waals surface area contributed by atoms with Gasteiger partial charge in [-0.1, -0.05) is 0 Å². The molecule has 0 aliphatic carbocycles. The summed E-state index contributed by atoms with van der Waals surface area (Å²) >= 11 is 0. The number of nitrogens with one attached hydrogen (secondary N) is 1. The minimum absolute atomic E-state index is 0.0164. The Labute approximate surface area is 121 Å². The Bertz CT molecular complexity index is 671. The summed E-state index contributed by atoms with van der Waals surface area (Å²) in [5.41, 5.74) is 0.867. The van der Waals surface area contributed by atoms with Gasteiger partial charge in [0, 0.05) is 17.7 Å². The van der Waals surface area contributed by atoms with Crippen LogP contribution in [0.15, 0.2) is 41.0 Å². The van der Waals surface area contributed by atoms with Gasteiger partial charge in [0.05, 0.1) is 16.7 Å². The summed E-state index contributed by atoms with van der Waals surface area (Å²) in [6, 6.07) is 7.82. The van der Waals surface area contributed by atoms with Crippen LogP contribution in [0, 0.1) is 17.0 Å². The fourth-order valence-electron chi connectivity index (χ4n) is 2.02. The predicted molar refractivity (Wildman–Crippen MR) is 77.0 cm³/mol. The van der Waals surface area contributed by atoms with Crippen molar-refractivity contribution in [1.82, 2.24) is 5.32 Å². The van der Waals surface area contributed by atoms with E-state index in [1.807, 2.05) is 13.8 Å². The molecular weight excluding hydrogens is 272 g/mol. The van der Waals surface area contributed by atoms with Gasteiger partial charge in [0.15, 0.2) is 5.76 Å². The summed E-state index contributed by atoms with van der Waals surface area (Å²) in [5, 5.41) is 13.5. The third-order valence-corrected chi connectivity index (χ3v) is 3.29. The number of nitro groups is 1. The van der Waals surface area contributed by atoms with Gasteiger partial charge in [-0.15, -0.1) is 0 Å². The van der Waals surface area contributed by atoms with Gasteiger partial charge >= 0.3 is 0 Å². The molecule has 0 aliphatic rings. The van der Waals surface area contributed by atoms with E-state index < -0.39 is 10.5 Å². The van der Waals surface area contributed by atoms with E-state index >= 15 is 0 Å². The highest BCUT2D eigenvalue weighted by atomic mass is 16.6. The van der Waals surface area contributed by atoms with E-state index in [9.17, 15) is 14.9 Å². The number of non-ortho nitro benzene ring substituents is 1. The minimum Gasteiger partial charge on any atom is -0.459 e. The molecule has 0 radical (unpaired) electrons. The lowest BCUT2D eigenvalue weighted by molar-refractivity contribution is -0.384. The second-order valence-corrected chi connectivity index (χ2v) is 5.32. The maximum Gasteiger partial charge on any atom is 0.287 e. The third kappa shape index (κ3) is 3.10. The van der Waals surface area contributed by atoms with Crippen molar-refractivity contribution >= 4 is 11.6 Å². The van der Waals surface area contributed by atoms with Crippen molar-refractivity contribution in [3.05, 3.63) is 63.6 Å². The largest absolute Gasteiger partial charge is 0.459 e. The molecule has 0 atom stereocenters. The topological polar surface area (TPSA) is 85.4 Å². The Morgan fingerprint density at radius 2 is 1.86 bits per heavy atom. The number of nitro benzene ring substituents is 1. The van der Waals surface area contributed by atoms with Crippen molar-refractivity contribution in [2.24, 2.45) is 0 Å². The lowest BCUT2D eigenvalue weighted by Gasteiger charge is -2.26. The molecule has 110 valence electrons. The van der Waals surface area contributed by atoms with Crippen LogP contribution in [0.25, 0.3) is 0 Å². The highest BCUT2D eigenvalue weighted by Gasteiger charge is 2.26. The molecule has 1 N–H and O–H groups in total. The smallest absolute Gasteiger partial charge is 0.287 e. The summed E-state index contributed by atoms with van der Waals surface area (Å²) in [7, 11) is 0. The van der Waals surface area contributed by atoms with E-state index in [-0.39, 0.29) is 17.4 Å². The van der Waals surface area contributed by atoms with Gasteiger partial charge in [0.2, 0.25) is 0 Å². The molecule has 0 aliphatic heterocycles. The Balaban J connectivity index is 2.19. The van der Waals surface area contributed by atoms with Crippen molar-refractivity contribution < 1.29 is 14.1 Å². The van der Waals surface area contributed by atoms with Gasteiger partial charge < -0.3 is 9.73 Å². The summed E-state index contributed by atoms with van der Waals surface area (Å²) in [6.45, 7) is 5.44. The molecule has 1 aromatic carbocycles. The van der Waals surface area contributed by atoms with E-state index in [1.165, 1.54) is 18.4 Å². The Morgan fingerprint density at radius 1 is 1.24 bits per heavy atom. The fraction of sp³-hybridized carbons (Fsp3) is 0.267. The maximum atomic E-state index is 12.2. The standard InChI is InChI=1S/C15H16N2O4/c1-10-8-9-21-13(10)14(18)16-15(2,3)11-4-6-12(7-5-11)17(19)20/h4-9H,1-3H3,(H,16,18). The van der Waals surface area contributed by atoms with Crippen LogP contribution in [0.2, 0.25) is 0 Å². The van der Waals surface area contributed by atoms with E-state index in [4.69, 9.17) is 4.42 Å². The maximum absolute atomic E-state index is 12.2. The van der Waals surface area contributed by atoms with E-state index in [1.54, 1.807) is 25.1 Å². The third-order valence-electron chi connectivity index (χ3n) is 3.29. The first-order valence-electron chi connectivity index (χ1n) is 6.43. The quantitative estimate of drug-likeness (QED) is 0.691. The van der Waals surface area contributed by atoms with Crippen LogP contribution in [0.1, 0.15) is 35.5 Å². The summed E-state index contributed by atoms with van der Waals surface area (Å²) in [5.74, 6) is -0.0501. The number of amides is 1. The van der Waals surface area contributed by atoms with Crippen molar-refractivity contribution in [2.45, 2.75) is 26.3 Å². The van der Waals surface area contributed by atoms with Crippen LogP contribution in [0.3, 0.4) is 0 Å². The molecule has 1 aromatic heterocycles. The van der Waals surface area contributed by atoms with E-state index in [2.05, 4.69) is 5.32 Å². The Hall–Kier alpha value is -2.63. The van der Waals surface area contributed by atoms with Crippen LogP contribution in [0.5, 0.6) is 0 Å². The van der Waals surface area contributed by atoms with Gasteiger partial charge in [0.25, 0.3) is 11.6 Å². The van der Waals surface area contributed by atoms with Gasteiger partial charge in [-0.05, 0) is 44.5 Å². The normalized spacial score (nSPS) is 11.2. The highest BCUT2D eigenvalue weighted by Crippen LogP contribution is 2.23. The predicted octanol–water partition coefficient (Wildman–Crippen LogP) is 3.16. The first-order valence-corrected chi connectivity index (χ1v) is 6.43. The fourth-order valence-corrected chi connectivity index (χ4v) is 2.02. The molecule has 1 heterocycles. The number of benzene rings is 1. The average molecular weight is 288 g/mol. The zero-order valence-electron chi connectivity index (χ0n) is 12.0. The molecular formula is C15H16N2O4. The Morgan fingerprint density at radius 3 is 2.33 bits per heavy atom. The van der Waals surface area contributed by atoms with Crippen LogP contribution >= 0.6 is 0 Å². The lowest BCUT2D eigenvalue weighted by atomic mass is 9.94. The summed E-state index contributed by atoms with van der Waals surface area (Å²) < 4.78 is 5.16. The van der Waals surface area contributed by atoms with Crippen LogP contribution in [-0.4, -0.2) is 10.8 Å². The molecule has 0 unspecified atom stereocenters. The number of furan rings is 1. The molecule has 21 heavy (non-hydrogen) atoms. The van der Waals surface area contributed by atoms with Crippen molar-refractivity contribution in [2.75, 3.05) is 0 Å². The van der Waals surface area contributed by atoms with Crippen molar-refractivity contribution in [1.29, 1.82) is 0 Å². The number of aryl methyl sites for hydroxylation is 1. The zero-order valence-corrected chi connectivity index (χ0v) is 12.0. The van der Waals surface area contributed by atoms with Crippen LogP contribution < -0.4 is 5.32 Å². The Kier molecular flexibility index (Phi) is 3.80. The van der Waals surface area contributed by atoms with E-state index in [0.29, 0.717) is 0 Å². The van der Waals surface area contributed by atoms with Gasteiger partial charge in [-0.3, -0.25) is 14.9 Å².